The maximum atomic E-state index is 14.0. The number of aromatic nitrogens is 2. The van der Waals surface area contributed by atoms with Crippen molar-refractivity contribution in [1.29, 1.82) is 0 Å². The number of hydrogen-bond donors (Lipinski definition) is 1. The summed E-state index contributed by atoms with van der Waals surface area (Å²) in [6, 6.07) is 5.95. The Labute approximate surface area is 171 Å². The first-order valence-corrected chi connectivity index (χ1v) is 13.1. The molecule has 0 spiro atoms. The van der Waals surface area contributed by atoms with Gasteiger partial charge in [0.15, 0.2) is 8.32 Å². The predicted octanol–water partition coefficient (Wildman–Crippen LogP) is 6.02. The van der Waals surface area contributed by atoms with E-state index in [0.717, 1.165) is 18.8 Å². The number of nitrogens with two attached hydrogens (primary N) is 1. The Morgan fingerprint density at radius 1 is 1.22 bits per heavy atom. The second kappa shape index (κ2) is 8.90. The lowest BCUT2D eigenvalue weighted by Crippen LogP contribution is -2.41. The van der Waals surface area contributed by atoms with E-state index >= 15 is 0 Å². The van der Waals surface area contributed by atoms with Gasteiger partial charge in [-0.15, -0.1) is 22.0 Å². The van der Waals surface area contributed by atoms with Crippen LogP contribution < -0.4 is 5.73 Å². The molecule has 1 aromatic heterocycles. The number of nitrogen functional groups attached to an aromatic ring is 1. The first-order valence-electron chi connectivity index (χ1n) is 8.86. The molecule has 0 aliphatic carbocycles. The molecule has 0 radical (unpaired) electrons. The third-order valence-corrected chi connectivity index (χ3v) is 10.6. The van der Waals surface area contributed by atoms with E-state index in [9.17, 15) is 4.39 Å². The van der Waals surface area contributed by atoms with Crippen LogP contribution in [-0.4, -0.2) is 30.9 Å². The molecule has 1 heterocycles. The molecular formula is C19H27ClFN3OSSi. The Morgan fingerprint density at radius 3 is 2.56 bits per heavy atom. The number of rotatable bonds is 7. The minimum atomic E-state index is -1.71. The number of thioether (sulfide) groups is 1. The van der Waals surface area contributed by atoms with Gasteiger partial charge in [-0.25, -0.2) is 4.39 Å². The molecule has 2 N–H and O–H groups in total. The third-order valence-electron chi connectivity index (χ3n) is 4.79. The summed E-state index contributed by atoms with van der Waals surface area (Å²) in [5.41, 5.74) is 7.23. The second-order valence-corrected chi connectivity index (χ2v) is 14.3. The van der Waals surface area contributed by atoms with E-state index in [2.05, 4.69) is 44.1 Å². The molecule has 2 aromatic rings. The summed E-state index contributed by atoms with van der Waals surface area (Å²) in [5.74, 6) is 0.426. The molecule has 0 fully saturated rings. The van der Waals surface area contributed by atoms with Crippen molar-refractivity contribution in [3.05, 3.63) is 35.1 Å². The van der Waals surface area contributed by atoms with Gasteiger partial charge in [0.05, 0.1) is 11.4 Å². The van der Waals surface area contributed by atoms with Crippen LogP contribution in [0.4, 0.5) is 10.1 Å². The number of benzene rings is 1. The van der Waals surface area contributed by atoms with Crippen molar-refractivity contribution in [2.24, 2.45) is 0 Å². The largest absolute Gasteiger partial charge is 0.417 e. The fraction of sp³-hybridized carbons (Fsp3) is 0.474. The SMILES string of the molecule is CC(C)(C)[Si](C)(C)OCCCSc1nnc(-c2cc(Cl)ccc2F)cc1N. The predicted molar refractivity (Wildman–Crippen MR) is 115 cm³/mol. The summed E-state index contributed by atoms with van der Waals surface area (Å²) < 4.78 is 20.1. The van der Waals surface area contributed by atoms with E-state index in [4.69, 9.17) is 21.8 Å². The molecule has 0 amide bonds. The Morgan fingerprint density at radius 2 is 1.93 bits per heavy atom. The lowest BCUT2D eigenvalue weighted by Gasteiger charge is -2.36. The number of nitrogens with zero attached hydrogens (tertiary/aromatic N) is 2. The van der Waals surface area contributed by atoms with Gasteiger partial charge in [0.25, 0.3) is 0 Å². The molecule has 0 atom stereocenters. The van der Waals surface area contributed by atoms with Gasteiger partial charge >= 0.3 is 0 Å². The van der Waals surface area contributed by atoms with E-state index in [1.807, 2.05) is 0 Å². The minimum Gasteiger partial charge on any atom is -0.417 e. The fourth-order valence-electron chi connectivity index (χ4n) is 2.10. The van der Waals surface area contributed by atoms with Crippen LogP contribution in [0, 0.1) is 5.82 Å². The molecule has 0 aliphatic heterocycles. The summed E-state index contributed by atoms with van der Waals surface area (Å²) in [4.78, 5) is 0. The van der Waals surface area contributed by atoms with Crippen LogP contribution in [0.1, 0.15) is 27.2 Å². The molecule has 0 bridgehead atoms. The van der Waals surface area contributed by atoms with Gasteiger partial charge in [-0.3, -0.25) is 0 Å². The first kappa shape index (κ1) is 22.1. The maximum Gasteiger partial charge on any atom is 0.191 e. The smallest absolute Gasteiger partial charge is 0.191 e. The molecule has 2 rings (SSSR count). The molecule has 27 heavy (non-hydrogen) atoms. The van der Waals surface area contributed by atoms with Crippen molar-refractivity contribution in [2.45, 2.75) is 50.4 Å². The van der Waals surface area contributed by atoms with Crippen LogP contribution in [0.5, 0.6) is 0 Å². The third kappa shape index (κ3) is 5.91. The molecule has 4 nitrogen and oxygen atoms in total. The Hall–Kier alpha value is -1.15. The van der Waals surface area contributed by atoms with Crippen molar-refractivity contribution in [2.75, 3.05) is 18.1 Å². The highest BCUT2D eigenvalue weighted by molar-refractivity contribution is 7.99. The highest BCUT2D eigenvalue weighted by Gasteiger charge is 2.36. The number of anilines is 1. The summed E-state index contributed by atoms with van der Waals surface area (Å²) in [6.45, 7) is 11.9. The Kier molecular flexibility index (Phi) is 7.30. The van der Waals surface area contributed by atoms with Gasteiger partial charge in [-0.2, -0.15) is 0 Å². The normalized spacial score (nSPS) is 12.4. The van der Waals surface area contributed by atoms with Crippen molar-refractivity contribution in [1.82, 2.24) is 10.2 Å². The highest BCUT2D eigenvalue weighted by Crippen LogP contribution is 2.36. The van der Waals surface area contributed by atoms with Crippen molar-refractivity contribution in [3.8, 4) is 11.3 Å². The van der Waals surface area contributed by atoms with Crippen LogP contribution in [0.25, 0.3) is 11.3 Å². The highest BCUT2D eigenvalue weighted by atomic mass is 35.5. The molecule has 0 aliphatic rings. The van der Waals surface area contributed by atoms with E-state index in [0.29, 0.717) is 27.0 Å². The standard InChI is InChI=1S/C19H27ClFN3OSSi/c1-19(2,3)27(4,5)25-9-6-10-26-18-16(22)12-17(23-24-18)14-11-13(20)7-8-15(14)21/h7-8,11-12H,6,9-10H2,1-5H3,(H2,22,23). The van der Waals surface area contributed by atoms with Gasteiger partial charge in [0.1, 0.15) is 10.8 Å². The van der Waals surface area contributed by atoms with Crippen LogP contribution in [0.3, 0.4) is 0 Å². The van der Waals surface area contributed by atoms with Gasteiger partial charge < -0.3 is 10.2 Å². The van der Waals surface area contributed by atoms with Gasteiger partial charge in [0.2, 0.25) is 0 Å². The zero-order valence-corrected chi connectivity index (χ0v) is 19.0. The van der Waals surface area contributed by atoms with Gasteiger partial charge in [-0.1, -0.05) is 32.4 Å². The van der Waals surface area contributed by atoms with Crippen LogP contribution >= 0.6 is 23.4 Å². The fourth-order valence-corrected chi connectivity index (χ4v) is 4.14. The lowest BCUT2D eigenvalue weighted by molar-refractivity contribution is 0.289. The molecule has 0 saturated carbocycles. The monoisotopic (exact) mass is 427 g/mol. The van der Waals surface area contributed by atoms with Crippen LogP contribution in [0.2, 0.25) is 23.2 Å². The van der Waals surface area contributed by atoms with E-state index in [1.165, 1.54) is 30.0 Å². The molecular weight excluding hydrogens is 401 g/mol. The summed E-state index contributed by atoms with van der Waals surface area (Å²) in [7, 11) is -1.71. The summed E-state index contributed by atoms with van der Waals surface area (Å²) >= 11 is 7.47. The minimum absolute atomic E-state index is 0.210. The van der Waals surface area contributed by atoms with E-state index < -0.39 is 14.1 Å². The maximum absolute atomic E-state index is 14.0. The Balaban J connectivity index is 1.93. The van der Waals surface area contributed by atoms with Crippen molar-refractivity contribution < 1.29 is 8.82 Å². The average Bonchev–Trinajstić information content (AvgIpc) is 2.57. The number of hydrogen-bond acceptors (Lipinski definition) is 5. The second-order valence-electron chi connectivity index (χ2n) is 7.93. The molecule has 1 aromatic carbocycles. The van der Waals surface area contributed by atoms with Crippen LogP contribution in [-0.2, 0) is 4.43 Å². The van der Waals surface area contributed by atoms with Gasteiger partial charge in [0, 0.05) is 22.9 Å². The Bertz CT molecular complexity index is 799. The molecule has 0 unspecified atom stereocenters. The lowest BCUT2D eigenvalue weighted by atomic mass is 10.1. The van der Waals surface area contributed by atoms with Gasteiger partial charge in [-0.05, 0) is 48.8 Å². The van der Waals surface area contributed by atoms with Crippen LogP contribution in [0.15, 0.2) is 29.3 Å². The topological polar surface area (TPSA) is 61.0 Å². The summed E-state index contributed by atoms with van der Waals surface area (Å²) in [6.07, 6.45) is 0.906. The molecule has 0 saturated heterocycles. The van der Waals surface area contributed by atoms with Crippen molar-refractivity contribution >= 4 is 37.4 Å². The van der Waals surface area contributed by atoms with Crippen molar-refractivity contribution in [3.63, 3.8) is 0 Å². The van der Waals surface area contributed by atoms with E-state index in [-0.39, 0.29) is 5.04 Å². The average molecular weight is 428 g/mol. The molecule has 8 heteroatoms. The zero-order valence-electron chi connectivity index (χ0n) is 16.5. The zero-order chi connectivity index (χ0) is 20.2. The summed E-state index contributed by atoms with van der Waals surface area (Å²) in [5, 5.41) is 9.56. The first-order chi connectivity index (χ1) is 12.5. The molecule has 148 valence electrons. The number of halogens is 2. The van der Waals surface area contributed by atoms with E-state index in [1.54, 1.807) is 6.07 Å². The quantitative estimate of drug-likeness (QED) is 0.332.